The summed E-state index contributed by atoms with van der Waals surface area (Å²) in [6, 6.07) is 0. The van der Waals surface area contributed by atoms with Crippen molar-refractivity contribution in [3.63, 3.8) is 0 Å². The van der Waals surface area contributed by atoms with Crippen LogP contribution in [0.3, 0.4) is 0 Å². The minimum absolute atomic E-state index is 0.324. The highest BCUT2D eigenvalue weighted by atomic mass is 16.5. The van der Waals surface area contributed by atoms with Gasteiger partial charge in [-0.25, -0.2) is 9.78 Å². The highest BCUT2D eigenvalue weighted by molar-refractivity contribution is 5.80. The first-order valence-corrected chi connectivity index (χ1v) is 4.22. The molecular weight excluding hydrogens is 184 g/mol. The van der Waals surface area contributed by atoms with Crippen molar-refractivity contribution in [1.29, 1.82) is 0 Å². The standard InChI is InChI=1S/C8H14N4O2/c1-8(9-2,7(13)14-3)4-12-6-10-5-11-12/h5-6,9H,4H2,1-3H3. The third kappa shape index (κ3) is 2.08. The first-order valence-electron chi connectivity index (χ1n) is 4.22. The van der Waals surface area contributed by atoms with E-state index < -0.39 is 5.54 Å². The van der Waals surface area contributed by atoms with Crippen LogP contribution in [0.25, 0.3) is 0 Å². The van der Waals surface area contributed by atoms with Gasteiger partial charge in [0.25, 0.3) is 0 Å². The van der Waals surface area contributed by atoms with Gasteiger partial charge in [0.05, 0.1) is 13.7 Å². The maximum absolute atomic E-state index is 11.4. The van der Waals surface area contributed by atoms with Crippen molar-refractivity contribution >= 4 is 5.97 Å². The molecule has 14 heavy (non-hydrogen) atoms. The number of aromatic nitrogens is 3. The highest BCUT2D eigenvalue weighted by Gasteiger charge is 2.33. The average molecular weight is 198 g/mol. The molecule has 1 rings (SSSR count). The first-order chi connectivity index (χ1) is 6.62. The largest absolute Gasteiger partial charge is 0.468 e. The molecule has 0 amide bonds. The van der Waals surface area contributed by atoms with Crippen LogP contribution in [-0.4, -0.2) is 40.4 Å². The van der Waals surface area contributed by atoms with E-state index in [1.807, 2.05) is 0 Å². The molecular formula is C8H14N4O2. The lowest BCUT2D eigenvalue weighted by molar-refractivity contribution is -0.148. The molecule has 1 unspecified atom stereocenters. The van der Waals surface area contributed by atoms with Crippen molar-refractivity contribution in [3.05, 3.63) is 12.7 Å². The number of ether oxygens (including phenoxy) is 1. The fourth-order valence-corrected chi connectivity index (χ4v) is 1.11. The molecule has 0 radical (unpaired) electrons. The molecule has 1 heterocycles. The van der Waals surface area contributed by atoms with Crippen molar-refractivity contribution in [2.75, 3.05) is 14.2 Å². The lowest BCUT2D eigenvalue weighted by Crippen LogP contribution is -2.51. The Hall–Kier alpha value is -1.43. The third-order valence-electron chi connectivity index (χ3n) is 2.13. The molecule has 1 aromatic heterocycles. The number of methoxy groups -OCH3 is 1. The molecule has 6 heteroatoms. The smallest absolute Gasteiger partial charge is 0.327 e. The summed E-state index contributed by atoms with van der Waals surface area (Å²) in [6.07, 6.45) is 2.98. The van der Waals surface area contributed by atoms with Crippen LogP contribution in [0, 0.1) is 0 Å². The Morgan fingerprint density at radius 1 is 1.71 bits per heavy atom. The molecule has 0 fully saturated rings. The molecule has 0 saturated heterocycles. The molecule has 0 aliphatic rings. The van der Waals surface area contributed by atoms with Crippen molar-refractivity contribution in [2.45, 2.75) is 19.0 Å². The number of rotatable bonds is 4. The zero-order chi connectivity index (χ0) is 10.6. The van der Waals surface area contributed by atoms with Gasteiger partial charge in [-0.05, 0) is 14.0 Å². The van der Waals surface area contributed by atoms with Gasteiger partial charge in [0.1, 0.15) is 18.2 Å². The number of nitrogens with one attached hydrogen (secondary N) is 1. The summed E-state index contributed by atoms with van der Waals surface area (Å²) in [5, 5.41) is 6.83. The maximum Gasteiger partial charge on any atom is 0.327 e. The fraction of sp³-hybridized carbons (Fsp3) is 0.625. The molecule has 0 aromatic carbocycles. The first kappa shape index (κ1) is 10.6. The number of hydrogen-bond donors (Lipinski definition) is 1. The van der Waals surface area contributed by atoms with Gasteiger partial charge >= 0.3 is 5.97 Å². The van der Waals surface area contributed by atoms with Gasteiger partial charge in [-0.3, -0.25) is 4.68 Å². The zero-order valence-electron chi connectivity index (χ0n) is 8.52. The van der Waals surface area contributed by atoms with Crippen LogP contribution in [0.5, 0.6) is 0 Å². The van der Waals surface area contributed by atoms with E-state index in [0.717, 1.165) is 0 Å². The normalized spacial score (nSPS) is 14.8. The SMILES string of the molecule is CNC(C)(Cn1cncn1)C(=O)OC. The highest BCUT2D eigenvalue weighted by Crippen LogP contribution is 2.08. The van der Waals surface area contributed by atoms with Crippen LogP contribution in [0.2, 0.25) is 0 Å². The maximum atomic E-state index is 11.4. The minimum Gasteiger partial charge on any atom is -0.468 e. The molecule has 0 aliphatic carbocycles. The van der Waals surface area contributed by atoms with Gasteiger partial charge < -0.3 is 10.1 Å². The topological polar surface area (TPSA) is 69.0 Å². The number of likely N-dealkylation sites (N-methyl/N-ethyl adjacent to an activating group) is 1. The molecule has 0 aliphatic heterocycles. The lowest BCUT2D eigenvalue weighted by Gasteiger charge is -2.25. The number of carbonyl (C=O) groups is 1. The quantitative estimate of drug-likeness (QED) is 0.656. The molecule has 78 valence electrons. The van der Waals surface area contributed by atoms with E-state index in [4.69, 9.17) is 4.74 Å². The van der Waals surface area contributed by atoms with Gasteiger partial charge in [-0.2, -0.15) is 5.10 Å². The summed E-state index contributed by atoms with van der Waals surface area (Å²) in [7, 11) is 3.06. The summed E-state index contributed by atoms with van der Waals surface area (Å²) in [6.45, 7) is 2.14. The van der Waals surface area contributed by atoms with Crippen LogP contribution in [0.15, 0.2) is 12.7 Å². The van der Waals surface area contributed by atoms with Crippen LogP contribution < -0.4 is 5.32 Å². The molecule has 0 bridgehead atoms. The summed E-state index contributed by atoms with van der Waals surface area (Å²) >= 11 is 0. The molecule has 1 atom stereocenters. The summed E-state index contributed by atoms with van der Waals surface area (Å²) in [5.41, 5.74) is -0.775. The van der Waals surface area contributed by atoms with E-state index in [0.29, 0.717) is 6.54 Å². The van der Waals surface area contributed by atoms with Gasteiger partial charge in [0.2, 0.25) is 0 Å². The third-order valence-corrected chi connectivity index (χ3v) is 2.13. The van der Waals surface area contributed by atoms with Crippen molar-refractivity contribution in [3.8, 4) is 0 Å². The van der Waals surface area contributed by atoms with Crippen LogP contribution in [-0.2, 0) is 16.1 Å². The van der Waals surface area contributed by atoms with Crippen LogP contribution in [0.4, 0.5) is 0 Å². The van der Waals surface area contributed by atoms with E-state index in [2.05, 4.69) is 15.4 Å². The lowest BCUT2D eigenvalue weighted by atomic mass is 10.0. The Morgan fingerprint density at radius 2 is 2.43 bits per heavy atom. The van der Waals surface area contributed by atoms with Crippen molar-refractivity contribution in [2.24, 2.45) is 0 Å². The number of nitrogens with zero attached hydrogens (tertiary/aromatic N) is 3. The molecule has 1 aromatic rings. The Bertz CT molecular complexity index is 298. The fourth-order valence-electron chi connectivity index (χ4n) is 1.11. The summed E-state index contributed by atoms with van der Waals surface area (Å²) in [5.74, 6) is -0.324. The summed E-state index contributed by atoms with van der Waals surface area (Å²) in [4.78, 5) is 15.2. The number of carbonyl (C=O) groups excluding carboxylic acids is 1. The Kier molecular flexibility index (Phi) is 3.19. The Morgan fingerprint density at radius 3 is 2.86 bits per heavy atom. The van der Waals surface area contributed by atoms with Crippen molar-refractivity contribution < 1.29 is 9.53 Å². The van der Waals surface area contributed by atoms with E-state index in [1.165, 1.54) is 13.4 Å². The Labute approximate surface area is 82.3 Å². The minimum atomic E-state index is -0.775. The average Bonchev–Trinajstić information content (AvgIpc) is 2.68. The second-order valence-electron chi connectivity index (χ2n) is 3.17. The van der Waals surface area contributed by atoms with Gasteiger partial charge in [-0.15, -0.1) is 0 Å². The van der Waals surface area contributed by atoms with E-state index in [-0.39, 0.29) is 5.97 Å². The second kappa shape index (κ2) is 4.19. The molecule has 6 nitrogen and oxygen atoms in total. The van der Waals surface area contributed by atoms with Crippen molar-refractivity contribution in [1.82, 2.24) is 20.1 Å². The second-order valence-corrected chi connectivity index (χ2v) is 3.17. The summed E-state index contributed by atoms with van der Waals surface area (Å²) < 4.78 is 6.27. The van der Waals surface area contributed by atoms with Crippen LogP contribution >= 0.6 is 0 Å². The number of hydrogen-bond acceptors (Lipinski definition) is 5. The van der Waals surface area contributed by atoms with E-state index in [1.54, 1.807) is 25.0 Å². The van der Waals surface area contributed by atoms with Crippen LogP contribution in [0.1, 0.15) is 6.92 Å². The Balaban J connectivity index is 2.76. The van der Waals surface area contributed by atoms with Gasteiger partial charge in [0.15, 0.2) is 0 Å². The monoisotopic (exact) mass is 198 g/mol. The zero-order valence-corrected chi connectivity index (χ0v) is 8.52. The molecule has 0 spiro atoms. The van der Waals surface area contributed by atoms with E-state index >= 15 is 0 Å². The van der Waals surface area contributed by atoms with Gasteiger partial charge in [0, 0.05) is 0 Å². The predicted octanol–water partition coefficient (Wildman–Crippen LogP) is -0.571. The number of esters is 1. The molecule has 1 N–H and O–H groups in total. The molecule has 0 saturated carbocycles. The van der Waals surface area contributed by atoms with Gasteiger partial charge in [-0.1, -0.05) is 0 Å². The van der Waals surface area contributed by atoms with E-state index in [9.17, 15) is 4.79 Å². The predicted molar refractivity (Wildman–Crippen MR) is 49.5 cm³/mol.